The van der Waals surface area contributed by atoms with Crippen LogP contribution < -0.4 is 10.2 Å². The monoisotopic (exact) mass is 766 g/mol. The number of hydrogen-bond donors (Lipinski definition) is 0. The topological polar surface area (TPSA) is 80.3 Å². The first-order valence-corrected chi connectivity index (χ1v) is 16.5. The molecule has 0 aliphatic rings. The Kier molecular flexibility index (Phi) is 44.2. The van der Waals surface area contributed by atoms with Gasteiger partial charge in [0.2, 0.25) is 0 Å². The second kappa shape index (κ2) is 41.0. The summed E-state index contributed by atoms with van der Waals surface area (Å²) in [6, 6.07) is 0. The van der Waals surface area contributed by atoms with Crippen LogP contribution in [-0.2, 0) is 9.59 Å². The van der Waals surface area contributed by atoms with Gasteiger partial charge in [0.1, 0.15) is 0 Å². The molecule has 41 heavy (non-hydrogen) atoms. The van der Waals surface area contributed by atoms with Gasteiger partial charge in [-0.15, -0.1) is 0 Å². The Morgan fingerprint density at radius 1 is 0.415 bits per heavy atom. The number of allylic oxidation sites excluding steroid dienone is 8. The van der Waals surface area contributed by atoms with E-state index < -0.39 is 11.9 Å². The molecule has 0 spiro atoms. The predicted octanol–water partition coefficient (Wildman–Crippen LogP) is 8.72. The van der Waals surface area contributed by atoms with E-state index in [1.165, 1.54) is 77.0 Å². The molecule has 0 atom stereocenters. The molecule has 0 unspecified atom stereocenters. The van der Waals surface area contributed by atoms with Crippen LogP contribution in [0, 0.1) is 0 Å². The maximum atomic E-state index is 10.2. The van der Waals surface area contributed by atoms with Crippen molar-refractivity contribution in [1.29, 1.82) is 0 Å². The maximum absolute atomic E-state index is 10.2. The van der Waals surface area contributed by atoms with Gasteiger partial charge in [-0.3, -0.25) is 0 Å². The minimum Gasteiger partial charge on any atom is -0.550 e. The SMILES string of the molecule is CCCCCC=CCC=CCCCCCCCC(=O)[O-].CCCCCC=CCC=CCCCCCCCC(=O)[O-].[Pb+2]. The van der Waals surface area contributed by atoms with E-state index in [1.54, 1.807) is 0 Å². The minimum absolute atomic E-state index is 0. The summed E-state index contributed by atoms with van der Waals surface area (Å²) < 4.78 is 0. The molecule has 0 fully saturated rings. The summed E-state index contributed by atoms with van der Waals surface area (Å²) in [6.07, 6.45) is 43.9. The molecule has 0 saturated carbocycles. The minimum atomic E-state index is -0.921. The zero-order chi connectivity index (χ0) is 29.8. The van der Waals surface area contributed by atoms with Crippen LogP contribution >= 0.6 is 0 Å². The summed E-state index contributed by atoms with van der Waals surface area (Å²) in [4.78, 5) is 20.4. The Balaban J connectivity index is -0.000000688. The zero-order valence-corrected chi connectivity index (χ0v) is 30.6. The molecule has 5 heteroatoms. The van der Waals surface area contributed by atoms with Gasteiger partial charge in [0.05, 0.1) is 0 Å². The van der Waals surface area contributed by atoms with E-state index in [2.05, 4.69) is 62.5 Å². The Hall–Kier alpha value is -1.18. The third-order valence-electron chi connectivity index (χ3n) is 6.66. The first-order valence-electron chi connectivity index (χ1n) is 16.5. The molecule has 0 N–H and O–H groups in total. The number of carboxylic acids is 2. The van der Waals surface area contributed by atoms with E-state index in [1.807, 2.05) is 0 Å². The largest absolute Gasteiger partial charge is 2.00 e. The van der Waals surface area contributed by atoms with E-state index in [0.29, 0.717) is 0 Å². The first kappa shape index (κ1) is 44.3. The van der Waals surface area contributed by atoms with Gasteiger partial charge in [-0.05, 0) is 89.9 Å². The summed E-state index contributed by atoms with van der Waals surface area (Å²) >= 11 is 0. The fraction of sp³-hybridized carbons (Fsp3) is 0.722. The van der Waals surface area contributed by atoms with Gasteiger partial charge >= 0.3 is 27.3 Å². The van der Waals surface area contributed by atoms with Crippen molar-refractivity contribution in [1.82, 2.24) is 0 Å². The van der Waals surface area contributed by atoms with E-state index >= 15 is 0 Å². The Labute approximate surface area is 274 Å². The molecule has 234 valence electrons. The fourth-order valence-corrected chi connectivity index (χ4v) is 4.16. The number of aliphatic carboxylic acids is 2. The van der Waals surface area contributed by atoms with Crippen LogP contribution in [0.2, 0.25) is 0 Å². The van der Waals surface area contributed by atoms with Crippen LogP contribution in [0.25, 0.3) is 0 Å². The number of carbonyl (C=O) groups is 2. The molecule has 0 aliphatic carbocycles. The molecule has 0 rings (SSSR count). The van der Waals surface area contributed by atoms with Crippen LogP contribution in [0.4, 0.5) is 0 Å². The standard InChI is InChI=1S/2C18H32O2.Pb/c2*1-2-3-4-5-6-7-8-9-10-11-12-13-14-15-16-17-18(19)20;/h2*6-7,9-10H,2-5,8,11-17H2,1H3,(H,19,20);/q;;+2/p-2. The number of carboxylic acid groups (broad SMARTS) is 2. The van der Waals surface area contributed by atoms with Crippen molar-refractivity contribution in [3.05, 3.63) is 48.6 Å². The van der Waals surface area contributed by atoms with Gasteiger partial charge in [-0.1, -0.05) is 127 Å². The van der Waals surface area contributed by atoms with Crippen LogP contribution in [0.3, 0.4) is 0 Å². The Bertz CT molecular complexity index is 596. The van der Waals surface area contributed by atoms with Gasteiger partial charge in [0.25, 0.3) is 0 Å². The quantitative estimate of drug-likeness (QED) is 0.0454. The Morgan fingerprint density at radius 2 is 0.683 bits per heavy atom. The molecule has 2 radical (unpaired) electrons. The fourth-order valence-electron chi connectivity index (χ4n) is 4.16. The molecule has 0 heterocycles. The van der Waals surface area contributed by atoms with Crippen LogP contribution in [0.1, 0.15) is 168 Å². The van der Waals surface area contributed by atoms with E-state index in [0.717, 1.165) is 64.2 Å². The van der Waals surface area contributed by atoms with Gasteiger partial charge in [0.15, 0.2) is 0 Å². The van der Waals surface area contributed by atoms with Crippen LogP contribution in [-0.4, -0.2) is 39.2 Å². The zero-order valence-electron chi connectivity index (χ0n) is 26.7. The van der Waals surface area contributed by atoms with Gasteiger partial charge in [-0.2, -0.15) is 0 Å². The van der Waals surface area contributed by atoms with Crippen LogP contribution in [0.5, 0.6) is 0 Å². The summed E-state index contributed by atoms with van der Waals surface area (Å²) in [5.74, 6) is -1.84. The van der Waals surface area contributed by atoms with Crippen molar-refractivity contribution in [3.63, 3.8) is 0 Å². The second-order valence-corrected chi connectivity index (χ2v) is 10.7. The number of rotatable bonds is 28. The smallest absolute Gasteiger partial charge is 0.550 e. The third kappa shape index (κ3) is 48.9. The van der Waals surface area contributed by atoms with Crippen molar-refractivity contribution in [2.45, 2.75) is 168 Å². The summed E-state index contributed by atoms with van der Waals surface area (Å²) in [7, 11) is 0. The van der Waals surface area contributed by atoms with Crippen molar-refractivity contribution in [3.8, 4) is 0 Å². The molecular formula is C36H62O4Pb. The van der Waals surface area contributed by atoms with Crippen LogP contribution in [0.15, 0.2) is 48.6 Å². The summed E-state index contributed by atoms with van der Waals surface area (Å²) in [5, 5.41) is 20.4. The number of hydrogen-bond acceptors (Lipinski definition) is 4. The maximum Gasteiger partial charge on any atom is 2.00 e. The van der Waals surface area contributed by atoms with E-state index in [-0.39, 0.29) is 40.1 Å². The summed E-state index contributed by atoms with van der Waals surface area (Å²) in [6.45, 7) is 4.46. The van der Waals surface area contributed by atoms with Gasteiger partial charge < -0.3 is 19.8 Å². The van der Waals surface area contributed by atoms with Crippen molar-refractivity contribution in [2.24, 2.45) is 0 Å². The van der Waals surface area contributed by atoms with E-state index in [9.17, 15) is 19.8 Å². The van der Waals surface area contributed by atoms with E-state index in [4.69, 9.17) is 0 Å². The predicted molar refractivity (Wildman–Crippen MR) is 174 cm³/mol. The summed E-state index contributed by atoms with van der Waals surface area (Å²) in [5.41, 5.74) is 0. The average molecular weight is 766 g/mol. The Morgan fingerprint density at radius 3 is 0.976 bits per heavy atom. The van der Waals surface area contributed by atoms with Crippen molar-refractivity contribution < 1.29 is 19.8 Å². The molecule has 0 aromatic heterocycles. The van der Waals surface area contributed by atoms with Gasteiger partial charge in [-0.25, -0.2) is 0 Å². The first-order chi connectivity index (χ1) is 19.5. The molecule has 0 aromatic carbocycles. The molecule has 0 aliphatic heterocycles. The average Bonchev–Trinajstić information content (AvgIpc) is 2.93. The normalized spacial score (nSPS) is 11.4. The number of unbranched alkanes of at least 4 members (excludes halogenated alkanes) is 16. The molecule has 0 aromatic rings. The van der Waals surface area contributed by atoms with Crippen molar-refractivity contribution in [2.75, 3.05) is 0 Å². The molecule has 0 amide bonds. The molecular weight excluding hydrogens is 704 g/mol. The van der Waals surface area contributed by atoms with Crippen molar-refractivity contribution >= 4 is 39.2 Å². The molecule has 0 saturated heterocycles. The number of carbonyl (C=O) groups excluding carboxylic acids is 2. The molecule has 0 bridgehead atoms. The second-order valence-electron chi connectivity index (χ2n) is 10.7. The third-order valence-corrected chi connectivity index (χ3v) is 6.66. The molecule has 4 nitrogen and oxygen atoms in total. The van der Waals surface area contributed by atoms with Gasteiger partial charge in [0, 0.05) is 11.9 Å².